The molecular weight excluding hydrogens is 997 g/mol. The van der Waals surface area contributed by atoms with E-state index in [-0.39, 0.29) is 38.0 Å². The van der Waals surface area contributed by atoms with Gasteiger partial charge in [0.15, 0.2) is 6.10 Å². The van der Waals surface area contributed by atoms with E-state index in [0.29, 0.717) is 19.3 Å². The summed E-state index contributed by atoms with van der Waals surface area (Å²) in [5.74, 6) is -1.06. The summed E-state index contributed by atoms with van der Waals surface area (Å²) in [6.45, 7) is 6.18. The molecule has 0 fully saturated rings. The van der Waals surface area contributed by atoms with E-state index in [1.165, 1.54) is 12.8 Å². The minimum atomic E-state index is -0.848. The zero-order valence-electron chi connectivity index (χ0n) is 51.2. The van der Waals surface area contributed by atoms with Crippen molar-refractivity contribution in [3.05, 3.63) is 207 Å². The number of carbonyl (C=O) groups is 3. The van der Waals surface area contributed by atoms with E-state index in [9.17, 15) is 14.4 Å². The van der Waals surface area contributed by atoms with E-state index in [1.807, 2.05) is 0 Å². The molecule has 6 nitrogen and oxygen atoms in total. The molecule has 6 heteroatoms. The average Bonchev–Trinajstić information content (AvgIpc) is 3.47. The molecule has 1 unspecified atom stereocenters. The van der Waals surface area contributed by atoms with Crippen molar-refractivity contribution in [2.45, 2.75) is 232 Å². The second kappa shape index (κ2) is 66.5. The normalized spacial score (nSPS) is 13.6. The van der Waals surface area contributed by atoms with Crippen LogP contribution in [0.3, 0.4) is 0 Å². The smallest absolute Gasteiger partial charge is 0.306 e. The monoisotopic (exact) mass is 1110 g/mol. The predicted octanol–water partition coefficient (Wildman–Crippen LogP) is 22.0. The topological polar surface area (TPSA) is 78.9 Å². The van der Waals surface area contributed by atoms with E-state index in [0.717, 1.165) is 161 Å². The summed E-state index contributed by atoms with van der Waals surface area (Å²) in [5.41, 5.74) is 0. The van der Waals surface area contributed by atoms with Gasteiger partial charge in [0, 0.05) is 19.3 Å². The highest BCUT2D eigenvalue weighted by Crippen LogP contribution is 2.12. The molecule has 0 aliphatic carbocycles. The zero-order valence-corrected chi connectivity index (χ0v) is 51.2. The van der Waals surface area contributed by atoms with Crippen molar-refractivity contribution in [1.82, 2.24) is 0 Å². The van der Waals surface area contributed by atoms with Crippen LogP contribution in [0.1, 0.15) is 226 Å². The lowest BCUT2D eigenvalue weighted by atomic mass is 10.1. The van der Waals surface area contributed by atoms with Crippen molar-refractivity contribution >= 4 is 17.9 Å². The Morgan fingerprint density at radius 3 is 0.753 bits per heavy atom. The molecule has 448 valence electrons. The maximum atomic E-state index is 12.9. The van der Waals surface area contributed by atoms with Gasteiger partial charge in [0.05, 0.1) is 0 Å². The largest absolute Gasteiger partial charge is 0.462 e. The molecule has 0 amide bonds. The van der Waals surface area contributed by atoms with Crippen LogP contribution in [0.15, 0.2) is 207 Å². The number of esters is 3. The summed E-state index contributed by atoms with van der Waals surface area (Å²) in [6.07, 6.45) is 103. The Balaban J connectivity index is 4.59. The Morgan fingerprint density at radius 2 is 0.457 bits per heavy atom. The molecular formula is C75H112O6. The van der Waals surface area contributed by atoms with Gasteiger partial charge in [-0.3, -0.25) is 14.4 Å². The molecule has 0 spiro atoms. The Kier molecular flexibility index (Phi) is 61.6. The van der Waals surface area contributed by atoms with E-state index in [1.54, 1.807) is 0 Å². The van der Waals surface area contributed by atoms with Gasteiger partial charge in [-0.05, 0) is 161 Å². The first kappa shape index (κ1) is 75.0. The van der Waals surface area contributed by atoms with Gasteiger partial charge in [0.2, 0.25) is 0 Å². The molecule has 0 rings (SSSR count). The fourth-order valence-electron chi connectivity index (χ4n) is 7.66. The highest BCUT2D eigenvalue weighted by atomic mass is 16.6. The van der Waals surface area contributed by atoms with Crippen LogP contribution < -0.4 is 0 Å². The fraction of sp³-hybridized carbons (Fsp3) is 0.507. The first-order valence-electron chi connectivity index (χ1n) is 31.6. The predicted molar refractivity (Wildman–Crippen MR) is 352 cm³/mol. The quantitative estimate of drug-likeness (QED) is 0.0261. The number of hydrogen-bond acceptors (Lipinski definition) is 6. The van der Waals surface area contributed by atoms with Gasteiger partial charge in [0.25, 0.3) is 0 Å². The van der Waals surface area contributed by atoms with Gasteiger partial charge in [-0.2, -0.15) is 0 Å². The molecule has 0 saturated carbocycles. The van der Waals surface area contributed by atoms with Crippen molar-refractivity contribution in [1.29, 1.82) is 0 Å². The number of allylic oxidation sites excluding steroid dienone is 34. The third-order valence-electron chi connectivity index (χ3n) is 12.3. The van der Waals surface area contributed by atoms with Crippen LogP contribution in [0.2, 0.25) is 0 Å². The first-order chi connectivity index (χ1) is 40.0. The number of hydrogen-bond donors (Lipinski definition) is 0. The maximum absolute atomic E-state index is 12.9. The maximum Gasteiger partial charge on any atom is 0.306 e. The van der Waals surface area contributed by atoms with E-state index < -0.39 is 12.1 Å². The lowest BCUT2D eigenvalue weighted by Gasteiger charge is -2.18. The molecule has 0 saturated heterocycles. The third-order valence-corrected chi connectivity index (χ3v) is 12.3. The fourth-order valence-corrected chi connectivity index (χ4v) is 7.66. The van der Waals surface area contributed by atoms with Crippen molar-refractivity contribution in [3.8, 4) is 0 Å². The van der Waals surface area contributed by atoms with Gasteiger partial charge in [-0.25, -0.2) is 0 Å². The molecule has 0 aromatic carbocycles. The molecule has 0 aliphatic rings. The van der Waals surface area contributed by atoms with Crippen LogP contribution >= 0.6 is 0 Å². The Hall–Kier alpha value is -6.01. The minimum absolute atomic E-state index is 0.135. The molecule has 0 radical (unpaired) electrons. The SMILES string of the molecule is CC/C=C\C/C=C\C/C=C\C/C=C\C/C=C\C/C=C\C/C=C\CCCC(=O)OC(COC(=O)CCCC/C=C\C/C=C\C/C=C\C/C=C\CC)COC(=O)CCCCCCCC/C=C\C/C=C\C/C=C\C/C=C\C/C=C\C/C=C\CC. The van der Waals surface area contributed by atoms with Crippen LogP contribution in [0.4, 0.5) is 0 Å². The van der Waals surface area contributed by atoms with E-state index in [2.05, 4.69) is 227 Å². The van der Waals surface area contributed by atoms with Gasteiger partial charge in [-0.15, -0.1) is 0 Å². The Bertz CT molecular complexity index is 2000. The van der Waals surface area contributed by atoms with E-state index in [4.69, 9.17) is 14.2 Å². The second-order valence-corrected chi connectivity index (χ2v) is 19.8. The van der Waals surface area contributed by atoms with Crippen LogP contribution in [0.25, 0.3) is 0 Å². The highest BCUT2D eigenvalue weighted by Gasteiger charge is 2.19. The van der Waals surface area contributed by atoms with E-state index >= 15 is 0 Å². The lowest BCUT2D eigenvalue weighted by Crippen LogP contribution is -2.30. The van der Waals surface area contributed by atoms with Crippen molar-refractivity contribution < 1.29 is 28.6 Å². The van der Waals surface area contributed by atoms with Gasteiger partial charge in [0.1, 0.15) is 13.2 Å². The molecule has 0 heterocycles. The molecule has 1 atom stereocenters. The van der Waals surface area contributed by atoms with Crippen molar-refractivity contribution in [3.63, 3.8) is 0 Å². The molecule has 0 aromatic rings. The first-order valence-corrected chi connectivity index (χ1v) is 31.6. The molecule has 0 aliphatic heterocycles. The lowest BCUT2D eigenvalue weighted by molar-refractivity contribution is -0.167. The average molecular weight is 1110 g/mol. The molecule has 0 bridgehead atoms. The van der Waals surface area contributed by atoms with Gasteiger partial charge in [-0.1, -0.05) is 253 Å². The van der Waals surface area contributed by atoms with Crippen LogP contribution in [0, 0.1) is 0 Å². The number of unbranched alkanes of at least 4 members (excludes halogenated alkanes) is 9. The number of rotatable bonds is 54. The molecule has 81 heavy (non-hydrogen) atoms. The summed E-state index contributed by atoms with van der Waals surface area (Å²) >= 11 is 0. The van der Waals surface area contributed by atoms with Crippen LogP contribution in [0.5, 0.6) is 0 Å². The Labute approximate surface area is 496 Å². The summed E-state index contributed by atoms with van der Waals surface area (Å²) in [5, 5.41) is 0. The van der Waals surface area contributed by atoms with Crippen molar-refractivity contribution in [2.24, 2.45) is 0 Å². The summed E-state index contributed by atoms with van der Waals surface area (Å²) in [4.78, 5) is 38.3. The molecule has 0 N–H and O–H groups in total. The minimum Gasteiger partial charge on any atom is -0.462 e. The summed E-state index contributed by atoms with van der Waals surface area (Å²) < 4.78 is 16.8. The van der Waals surface area contributed by atoms with Crippen LogP contribution in [-0.4, -0.2) is 37.2 Å². The van der Waals surface area contributed by atoms with Gasteiger partial charge < -0.3 is 14.2 Å². The number of carbonyl (C=O) groups excluding carboxylic acids is 3. The zero-order chi connectivity index (χ0) is 58.5. The summed E-state index contributed by atoms with van der Waals surface area (Å²) in [7, 11) is 0. The standard InChI is InChI=1S/C75H112O6/c1-4-7-10-13-16-19-22-25-28-30-32-34-36-37-39-40-42-44-47-50-53-56-59-62-65-68-74(77)80-71-72(70-79-73(76)67-64-61-58-55-52-49-46-27-24-21-18-15-12-9-6-3)81-75(78)69-66-63-60-57-54-51-48-45-43-41-38-35-33-31-29-26-23-20-17-14-11-8-5-2/h7-12,16-21,25-29,32-35,37,39,41-44,46,48,51-52,55,57,60,72H,4-6,13-15,22-24,30-31,36,38,40,45,47,49-50,53-54,56,58-59,61-71H2,1-3H3/b10-7-,11-8-,12-9-,19-16-,20-17-,21-18-,28-25-,29-26-,34-32-,35-33-,39-37-,43-41-,44-42-,46-27-,51-48-,55-52-,60-57-. The van der Waals surface area contributed by atoms with Crippen LogP contribution in [-0.2, 0) is 28.6 Å². The number of ether oxygens (including phenoxy) is 3. The van der Waals surface area contributed by atoms with Crippen molar-refractivity contribution in [2.75, 3.05) is 13.2 Å². The Morgan fingerprint density at radius 1 is 0.247 bits per heavy atom. The van der Waals surface area contributed by atoms with Gasteiger partial charge >= 0.3 is 17.9 Å². The molecule has 0 aromatic heterocycles. The second-order valence-electron chi connectivity index (χ2n) is 19.8. The highest BCUT2D eigenvalue weighted by molar-refractivity contribution is 5.71. The third kappa shape index (κ3) is 64.7. The summed E-state index contributed by atoms with van der Waals surface area (Å²) in [6, 6.07) is 0.